The van der Waals surface area contributed by atoms with Crippen LogP contribution in [-0.4, -0.2) is 16.8 Å². The number of halogens is 1. The molecule has 0 spiro atoms. The first-order valence-corrected chi connectivity index (χ1v) is 6.19. The lowest BCUT2D eigenvalue weighted by atomic mass is 10.2. The van der Waals surface area contributed by atoms with Gasteiger partial charge in [0.25, 0.3) is 5.91 Å². The van der Waals surface area contributed by atoms with Gasteiger partial charge in [-0.2, -0.15) is 0 Å². The second-order valence-corrected chi connectivity index (χ2v) is 4.59. The minimum atomic E-state index is -0.546. The number of hydrogen-bond donors (Lipinski definition) is 2. The molecule has 5 nitrogen and oxygen atoms in total. The van der Waals surface area contributed by atoms with E-state index in [0.717, 1.165) is 0 Å². The Morgan fingerprint density at radius 2 is 2.00 bits per heavy atom. The number of carbonyl (C=O) groups is 2. The van der Waals surface area contributed by atoms with Crippen molar-refractivity contribution in [3.05, 3.63) is 58.3 Å². The van der Waals surface area contributed by atoms with Crippen LogP contribution in [0.25, 0.3) is 0 Å². The number of hydrogen-bond acceptors (Lipinski definition) is 3. The molecule has 0 aliphatic rings. The quantitative estimate of drug-likeness (QED) is 0.909. The first-order valence-electron chi connectivity index (χ1n) is 5.39. The van der Waals surface area contributed by atoms with E-state index >= 15 is 0 Å². The Labute approximate surface area is 118 Å². The predicted molar refractivity (Wildman–Crippen MR) is 74.9 cm³/mol. The van der Waals surface area contributed by atoms with Crippen molar-refractivity contribution in [2.45, 2.75) is 0 Å². The molecule has 2 amide bonds. The summed E-state index contributed by atoms with van der Waals surface area (Å²) in [5.74, 6) is -0.913. The second-order valence-electron chi connectivity index (χ2n) is 3.73. The lowest BCUT2D eigenvalue weighted by Gasteiger charge is -2.06. The highest BCUT2D eigenvalue weighted by Gasteiger charge is 2.11. The summed E-state index contributed by atoms with van der Waals surface area (Å²) in [7, 11) is 0. The Kier molecular flexibility index (Phi) is 3.91. The van der Waals surface area contributed by atoms with Crippen molar-refractivity contribution < 1.29 is 9.59 Å². The largest absolute Gasteiger partial charge is 0.366 e. The van der Waals surface area contributed by atoms with E-state index in [0.29, 0.717) is 15.7 Å². The van der Waals surface area contributed by atoms with E-state index in [4.69, 9.17) is 5.73 Å². The molecule has 1 aromatic heterocycles. The number of anilines is 1. The number of nitrogens with two attached hydrogens (primary N) is 1. The highest BCUT2D eigenvalue weighted by molar-refractivity contribution is 9.10. The van der Waals surface area contributed by atoms with Gasteiger partial charge in [0.15, 0.2) is 0 Å². The van der Waals surface area contributed by atoms with Gasteiger partial charge < -0.3 is 11.1 Å². The lowest BCUT2D eigenvalue weighted by molar-refractivity contribution is 0.0995. The molecular weight excluding hydrogens is 310 g/mol. The first-order chi connectivity index (χ1) is 9.08. The van der Waals surface area contributed by atoms with E-state index in [-0.39, 0.29) is 11.6 Å². The molecule has 0 bridgehead atoms. The zero-order valence-electron chi connectivity index (χ0n) is 9.76. The molecular formula is C13H10BrN3O2. The fourth-order valence-corrected chi connectivity index (χ4v) is 1.93. The average Bonchev–Trinajstić information content (AvgIpc) is 2.39. The van der Waals surface area contributed by atoms with Gasteiger partial charge in [-0.15, -0.1) is 0 Å². The Bertz CT molecular complexity index is 643. The van der Waals surface area contributed by atoms with E-state index in [1.807, 2.05) is 0 Å². The molecule has 0 saturated heterocycles. The van der Waals surface area contributed by atoms with E-state index in [9.17, 15) is 9.59 Å². The van der Waals surface area contributed by atoms with Gasteiger partial charge >= 0.3 is 0 Å². The van der Waals surface area contributed by atoms with Gasteiger partial charge in [0.1, 0.15) is 5.69 Å². The van der Waals surface area contributed by atoms with Crippen molar-refractivity contribution in [2.24, 2.45) is 5.73 Å². The fourth-order valence-electron chi connectivity index (χ4n) is 1.49. The topological polar surface area (TPSA) is 85.1 Å². The SMILES string of the molecule is NC(=O)c1cccc(NC(=O)c2ncccc2Br)c1. The average molecular weight is 320 g/mol. The molecule has 2 rings (SSSR count). The summed E-state index contributed by atoms with van der Waals surface area (Å²) in [4.78, 5) is 27.0. The first kappa shape index (κ1) is 13.2. The molecule has 6 heteroatoms. The number of primary amides is 1. The maximum absolute atomic E-state index is 12.0. The second kappa shape index (κ2) is 5.62. The van der Waals surface area contributed by atoms with Crippen molar-refractivity contribution in [1.82, 2.24) is 4.98 Å². The molecule has 1 heterocycles. The normalized spacial score (nSPS) is 9.95. The molecule has 19 heavy (non-hydrogen) atoms. The summed E-state index contributed by atoms with van der Waals surface area (Å²) in [6.07, 6.45) is 1.53. The van der Waals surface area contributed by atoms with Crippen LogP contribution in [0.4, 0.5) is 5.69 Å². The molecule has 2 aromatic rings. The van der Waals surface area contributed by atoms with E-state index in [2.05, 4.69) is 26.2 Å². The monoisotopic (exact) mass is 319 g/mol. The number of aromatic nitrogens is 1. The fraction of sp³-hybridized carbons (Fsp3) is 0. The van der Waals surface area contributed by atoms with Gasteiger partial charge in [-0.25, -0.2) is 4.98 Å². The zero-order chi connectivity index (χ0) is 13.8. The molecule has 0 aliphatic heterocycles. The molecule has 96 valence electrons. The molecule has 0 atom stereocenters. The van der Waals surface area contributed by atoms with Gasteiger partial charge in [-0.1, -0.05) is 6.07 Å². The predicted octanol–water partition coefficient (Wildman–Crippen LogP) is 2.20. The lowest BCUT2D eigenvalue weighted by Crippen LogP contribution is -2.15. The third-order valence-electron chi connectivity index (χ3n) is 2.38. The number of rotatable bonds is 3. The van der Waals surface area contributed by atoms with Crippen LogP contribution in [0.15, 0.2) is 47.1 Å². The van der Waals surface area contributed by atoms with Crippen LogP contribution in [0.1, 0.15) is 20.8 Å². The third-order valence-corrected chi connectivity index (χ3v) is 3.02. The van der Waals surface area contributed by atoms with Crippen molar-refractivity contribution in [3.8, 4) is 0 Å². The molecule has 0 saturated carbocycles. The molecule has 3 N–H and O–H groups in total. The van der Waals surface area contributed by atoms with E-state index < -0.39 is 5.91 Å². The molecule has 0 aliphatic carbocycles. The van der Waals surface area contributed by atoms with Gasteiger partial charge in [0.2, 0.25) is 5.91 Å². The van der Waals surface area contributed by atoms with Crippen LogP contribution in [0.2, 0.25) is 0 Å². The summed E-state index contributed by atoms with van der Waals surface area (Å²) in [6, 6.07) is 9.84. The summed E-state index contributed by atoms with van der Waals surface area (Å²) in [6.45, 7) is 0. The Morgan fingerprint density at radius 3 is 2.68 bits per heavy atom. The number of carbonyl (C=O) groups excluding carboxylic acids is 2. The van der Waals surface area contributed by atoms with Crippen LogP contribution in [0, 0.1) is 0 Å². The van der Waals surface area contributed by atoms with Crippen LogP contribution >= 0.6 is 15.9 Å². The van der Waals surface area contributed by atoms with Gasteiger partial charge in [0, 0.05) is 21.9 Å². The Balaban J connectivity index is 2.22. The number of nitrogens with zero attached hydrogens (tertiary/aromatic N) is 1. The van der Waals surface area contributed by atoms with Crippen LogP contribution in [0.5, 0.6) is 0 Å². The van der Waals surface area contributed by atoms with Crippen LogP contribution in [0.3, 0.4) is 0 Å². The molecule has 0 radical (unpaired) electrons. The minimum Gasteiger partial charge on any atom is -0.366 e. The minimum absolute atomic E-state index is 0.270. The van der Waals surface area contributed by atoms with Crippen molar-refractivity contribution in [1.29, 1.82) is 0 Å². The van der Waals surface area contributed by atoms with Crippen LogP contribution < -0.4 is 11.1 Å². The molecule has 1 aromatic carbocycles. The van der Waals surface area contributed by atoms with Crippen molar-refractivity contribution in [3.63, 3.8) is 0 Å². The van der Waals surface area contributed by atoms with Gasteiger partial charge in [-0.05, 0) is 46.3 Å². The summed E-state index contributed by atoms with van der Waals surface area (Å²) >= 11 is 3.25. The molecule has 0 fully saturated rings. The number of amides is 2. The number of pyridine rings is 1. The summed E-state index contributed by atoms with van der Waals surface area (Å²) in [5.41, 5.74) is 6.26. The highest BCUT2D eigenvalue weighted by atomic mass is 79.9. The maximum Gasteiger partial charge on any atom is 0.275 e. The molecule has 0 unspecified atom stereocenters. The van der Waals surface area contributed by atoms with E-state index in [1.165, 1.54) is 12.3 Å². The van der Waals surface area contributed by atoms with E-state index in [1.54, 1.807) is 30.3 Å². The summed E-state index contributed by atoms with van der Waals surface area (Å²) in [5, 5.41) is 2.66. The number of benzene rings is 1. The van der Waals surface area contributed by atoms with Gasteiger partial charge in [-0.3, -0.25) is 9.59 Å². The standard InChI is InChI=1S/C13H10BrN3O2/c14-10-5-2-6-16-11(10)13(19)17-9-4-1-3-8(7-9)12(15)18/h1-7H,(H2,15,18)(H,17,19). The van der Waals surface area contributed by atoms with Crippen molar-refractivity contribution in [2.75, 3.05) is 5.32 Å². The van der Waals surface area contributed by atoms with Gasteiger partial charge in [0.05, 0.1) is 0 Å². The Morgan fingerprint density at radius 1 is 1.21 bits per heavy atom. The smallest absolute Gasteiger partial charge is 0.275 e. The number of nitrogens with one attached hydrogen (secondary N) is 1. The Hall–Kier alpha value is -2.21. The maximum atomic E-state index is 12.0. The summed E-state index contributed by atoms with van der Waals surface area (Å²) < 4.78 is 0.596. The van der Waals surface area contributed by atoms with Crippen LogP contribution in [-0.2, 0) is 0 Å². The van der Waals surface area contributed by atoms with Crippen molar-refractivity contribution >= 4 is 33.4 Å². The highest BCUT2D eigenvalue weighted by Crippen LogP contribution is 2.16. The third kappa shape index (κ3) is 3.17. The zero-order valence-corrected chi connectivity index (χ0v) is 11.3.